The van der Waals surface area contributed by atoms with Gasteiger partial charge in [-0.1, -0.05) is 39.0 Å². The van der Waals surface area contributed by atoms with Crippen molar-refractivity contribution in [1.82, 2.24) is 4.98 Å². The number of hydrogen-bond donors (Lipinski definition) is 2. The first-order chi connectivity index (χ1) is 7.75. The molecule has 0 saturated carbocycles. The smallest absolute Gasteiger partial charge is 0.347 e. The number of nitrogens with zero attached hydrogens (tertiary/aromatic N) is 1. The van der Waals surface area contributed by atoms with Crippen LogP contribution in [0.4, 0.5) is 5.13 Å². The lowest BCUT2D eigenvalue weighted by Crippen LogP contribution is -2.16. The molecule has 94 valence electrons. The number of carboxylic acids is 1. The zero-order valence-corrected chi connectivity index (χ0v) is 11.1. The van der Waals surface area contributed by atoms with E-state index in [0.29, 0.717) is 17.2 Å². The third-order valence-corrected chi connectivity index (χ3v) is 3.06. The molecule has 2 N–H and O–H groups in total. The standard InChI is InChI=1S/C11H16N2O3S/c1-5-6(14)12-10-13-8(11(2,3)4)7(17-10)9(15)16/h5H2,1-4H3,(H,15,16)(H,12,13,14). The Labute approximate surface area is 104 Å². The van der Waals surface area contributed by atoms with E-state index >= 15 is 0 Å². The number of rotatable bonds is 3. The normalized spacial score (nSPS) is 11.3. The summed E-state index contributed by atoms with van der Waals surface area (Å²) in [6, 6.07) is 0. The van der Waals surface area contributed by atoms with Gasteiger partial charge in [0.2, 0.25) is 5.91 Å². The lowest BCUT2D eigenvalue weighted by atomic mass is 9.91. The van der Waals surface area contributed by atoms with Gasteiger partial charge in [-0.3, -0.25) is 4.79 Å². The van der Waals surface area contributed by atoms with Crippen molar-refractivity contribution < 1.29 is 14.7 Å². The number of carboxylic acid groups (broad SMARTS) is 1. The van der Waals surface area contributed by atoms with Gasteiger partial charge in [0.05, 0.1) is 5.69 Å². The number of anilines is 1. The molecule has 0 aliphatic rings. The van der Waals surface area contributed by atoms with Crippen molar-refractivity contribution in [1.29, 1.82) is 0 Å². The number of carbonyl (C=O) groups is 2. The lowest BCUT2D eigenvalue weighted by molar-refractivity contribution is -0.115. The van der Waals surface area contributed by atoms with Crippen LogP contribution in [0.3, 0.4) is 0 Å². The van der Waals surface area contributed by atoms with E-state index < -0.39 is 5.97 Å². The van der Waals surface area contributed by atoms with Crippen molar-refractivity contribution in [2.24, 2.45) is 0 Å². The van der Waals surface area contributed by atoms with Crippen molar-refractivity contribution in [2.75, 3.05) is 5.32 Å². The summed E-state index contributed by atoms with van der Waals surface area (Å²) < 4.78 is 0. The second-order valence-electron chi connectivity index (χ2n) is 4.65. The molecule has 0 saturated heterocycles. The highest BCUT2D eigenvalue weighted by molar-refractivity contribution is 7.17. The van der Waals surface area contributed by atoms with Gasteiger partial charge in [-0.15, -0.1) is 0 Å². The average Bonchev–Trinajstić information content (AvgIpc) is 2.61. The fraction of sp³-hybridized carbons (Fsp3) is 0.545. The molecule has 0 bridgehead atoms. The SMILES string of the molecule is CCC(=O)Nc1nc(C(C)(C)C)c(C(=O)O)s1. The zero-order valence-electron chi connectivity index (χ0n) is 10.3. The van der Waals surface area contributed by atoms with E-state index in [1.807, 2.05) is 20.8 Å². The number of aromatic carboxylic acids is 1. The summed E-state index contributed by atoms with van der Waals surface area (Å²) >= 11 is 0.996. The third-order valence-electron chi connectivity index (χ3n) is 2.10. The highest BCUT2D eigenvalue weighted by Gasteiger charge is 2.27. The molecule has 0 unspecified atom stereocenters. The van der Waals surface area contributed by atoms with E-state index in [1.54, 1.807) is 6.92 Å². The van der Waals surface area contributed by atoms with Gasteiger partial charge in [0, 0.05) is 11.8 Å². The maximum atomic E-state index is 11.2. The molecular formula is C11H16N2O3S. The van der Waals surface area contributed by atoms with Gasteiger partial charge in [-0.25, -0.2) is 9.78 Å². The number of thiazole rings is 1. The van der Waals surface area contributed by atoms with E-state index in [-0.39, 0.29) is 16.2 Å². The topological polar surface area (TPSA) is 79.3 Å². The van der Waals surface area contributed by atoms with Crippen LogP contribution in [0.15, 0.2) is 0 Å². The maximum absolute atomic E-state index is 11.2. The van der Waals surface area contributed by atoms with Crippen LogP contribution in [-0.2, 0) is 10.2 Å². The Morgan fingerprint density at radius 3 is 2.35 bits per heavy atom. The van der Waals surface area contributed by atoms with Crippen LogP contribution in [0.1, 0.15) is 49.5 Å². The summed E-state index contributed by atoms with van der Waals surface area (Å²) in [5, 5.41) is 12.0. The Balaban J connectivity index is 3.13. The minimum atomic E-state index is -1.01. The second kappa shape index (κ2) is 4.83. The molecule has 1 heterocycles. The average molecular weight is 256 g/mol. The van der Waals surface area contributed by atoms with Crippen molar-refractivity contribution in [3.63, 3.8) is 0 Å². The van der Waals surface area contributed by atoms with Gasteiger partial charge >= 0.3 is 5.97 Å². The number of aromatic nitrogens is 1. The van der Waals surface area contributed by atoms with Crippen LogP contribution in [0.5, 0.6) is 0 Å². The predicted octanol–water partition coefficient (Wildman–Crippen LogP) is 2.49. The molecule has 1 aromatic rings. The van der Waals surface area contributed by atoms with Crippen LogP contribution < -0.4 is 5.32 Å². The minimum absolute atomic E-state index is 0.170. The number of hydrogen-bond acceptors (Lipinski definition) is 4. The Bertz CT molecular complexity index is 446. The van der Waals surface area contributed by atoms with Gasteiger partial charge in [0.15, 0.2) is 5.13 Å². The van der Waals surface area contributed by atoms with Gasteiger partial charge in [-0.2, -0.15) is 0 Å². The first-order valence-electron chi connectivity index (χ1n) is 5.30. The molecule has 6 heteroatoms. The van der Waals surface area contributed by atoms with Crippen LogP contribution in [0, 0.1) is 0 Å². The fourth-order valence-corrected chi connectivity index (χ4v) is 2.27. The van der Waals surface area contributed by atoms with Gasteiger partial charge < -0.3 is 10.4 Å². The van der Waals surface area contributed by atoms with E-state index in [0.717, 1.165) is 11.3 Å². The Hall–Kier alpha value is -1.43. The zero-order chi connectivity index (χ0) is 13.2. The molecule has 0 radical (unpaired) electrons. The molecule has 0 spiro atoms. The second-order valence-corrected chi connectivity index (χ2v) is 5.65. The van der Waals surface area contributed by atoms with Gasteiger partial charge in [-0.05, 0) is 0 Å². The van der Waals surface area contributed by atoms with Crippen LogP contribution >= 0.6 is 11.3 Å². The summed E-state index contributed by atoms with van der Waals surface area (Å²) in [6.07, 6.45) is 0.340. The van der Waals surface area contributed by atoms with Crippen LogP contribution in [0.25, 0.3) is 0 Å². The molecule has 0 aromatic carbocycles. The summed E-state index contributed by atoms with van der Waals surface area (Å²) in [5.41, 5.74) is 0.140. The van der Waals surface area contributed by atoms with E-state index in [2.05, 4.69) is 10.3 Å². The summed E-state index contributed by atoms with van der Waals surface area (Å²) in [7, 11) is 0. The molecule has 0 fully saturated rings. The fourth-order valence-electron chi connectivity index (χ4n) is 1.23. The lowest BCUT2D eigenvalue weighted by Gasteiger charge is -2.15. The third kappa shape index (κ3) is 3.26. The van der Waals surface area contributed by atoms with Gasteiger partial charge in [0.1, 0.15) is 4.88 Å². The Morgan fingerprint density at radius 1 is 1.41 bits per heavy atom. The minimum Gasteiger partial charge on any atom is -0.477 e. The highest BCUT2D eigenvalue weighted by atomic mass is 32.1. The quantitative estimate of drug-likeness (QED) is 0.870. The van der Waals surface area contributed by atoms with Crippen molar-refractivity contribution in [3.05, 3.63) is 10.6 Å². The monoisotopic (exact) mass is 256 g/mol. The first-order valence-corrected chi connectivity index (χ1v) is 6.11. The Kier molecular flexibility index (Phi) is 3.87. The molecule has 1 rings (SSSR count). The molecule has 1 aromatic heterocycles. The molecular weight excluding hydrogens is 240 g/mol. The number of amides is 1. The van der Waals surface area contributed by atoms with E-state index in [4.69, 9.17) is 5.11 Å². The summed E-state index contributed by atoms with van der Waals surface area (Å²) in [6.45, 7) is 7.39. The summed E-state index contributed by atoms with van der Waals surface area (Å²) in [4.78, 5) is 26.7. The van der Waals surface area contributed by atoms with E-state index in [1.165, 1.54) is 0 Å². The van der Waals surface area contributed by atoms with Crippen LogP contribution in [0.2, 0.25) is 0 Å². The molecule has 0 atom stereocenters. The van der Waals surface area contributed by atoms with Crippen LogP contribution in [-0.4, -0.2) is 22.0 Å². The van der Waals surface area contributed by atoms with Crippen molar-refractivity contribution in [2.45, 2.75) is 39.5 Å². The number of carbonyl (C=O) groups excluding carboxylic acids is 1. The molecule has 5 nitrogen and oxygen atoms in total. The molecule has 17 heavy (non-hydrogen) atoms. The number of nitrogens with one attached hydrogen (secondary N) is 1. The Morgan fingerprint density at radius 2 is 2.00 bits per heavy atom. The first kappa shape index (κ1) is 13.6. The van der Waals surface area contributed by atoms with Crippen molar-refractivity contribution >= 4 is 28.3 Å². The summed E-state index contributed by atoms with van der Waals surface area (Å²) in [5.74, 6) is -1.18. The van der Waals surface area contributed by atoms with Crippen molar-refractivity contribution in [3.8, 4) is 0 Å². The van der Waals surface area contributed by atoms with Gasteiger partial charge in [0.25, 0.3) is 0 Å². The molecule has 1 amide bonds. The maximum Gasteiger partial charge on any atom is 0.347 e. The largest absolute Gasteiger partial charge is 0.477 e. The molecule has 0 aliphatic carbocycles. The molecule has 0 aliphatic heterocycles. The predicted molar refractivity (Wildman–Crippen MR) is 66.7 cm³/mol. The highest BCUT2D eigenvalue weighted by Crippen LogP contribution is 2.32. The van der Waals surface area contributed by atoms with E-state index in [9.17, 15) is 9.59 Å².